The molecule has 0 bridgehead atoms. The van der Waals surface area contributed by atoms with Gasteiger partial charge < -0.3 is 0 Å². The molecule has 1 aliphatic carbocycles. The number of alkyl halides is 2. The molecule has 1 fully saturated rings. The van der Waals surface area contributed by atoms with Crippen molar-refractivity contribution in [1.29, 1.82) is 0 Å². The van der Waals surface area contributed by atoms with Crippen molar-refractivity contribution in [2.75, 3.05) is 0 Å². The molecule has 0 nitrogen and oxygen atoms in total. The van der Waals surface area contributed by atoms with E-state index < -0.39 is 0 Å². The van der Waals surface area contributed by atoms with Gasteiger partial charge in [-0.3, -0.25) is 0 Å². The number of rotatable bonds is 0. The maximum Gasteiger partial charge on any atom is 0.0831 e. The van der Waals surface area contributed by atoms with E-state index in [-0.39, 0.29) is 3.23 Å². The van der Waals surface area contributed by atoms with Crippen molar-refractivity contribution in [2.45, 2.75) is 48.7 Å². The van der Waals surface area contributed by atoms with Gasteiger partial charge in [0.1, 0.15) is 0 Å². The van der Waals surface area contributed by atoms with E-state index in [1.165, 1.54) is 38.5 Å². The standard InChI is InChI=1S/C9H16Br2/c1-8-6-4-2-3-5-7-9(8,10)11/h8H,2-7H2,1H3. The normalized spacial score (nSPS) is 32.5. The van der Waals surface area contributed by atoms with Crippen LogP contribution < -0.4 is 0 Å². The second-order valence-electron chi connectivity index (χ2n) is 3.61. The molecule has 1 atom stereocenters. The van der Waals surface area contributed by atoms with Crippen LogP contribution in [0.3, 0.4) is 0 Å². The SMILES string of the molecule is CC1CCCCCCC1(Br)Br. The number of halogens is 2. The molecule has 0 aromatic rings. The Morgan fingerprint density at radius 2 is 1.73 bits per heavy atom. The minimum atomic E-state index is 0.237. The van der Waals surface area contributed by atoms with Gasteiger partial charge >= 0.3 is 0 Å². The van der Waals surface area contributed by atoms with Crippen molar-refractivity contribution >= 4 is 31.9 Å². The second kappa shape index (κ2) is 4.27. The molecule has 1 saturated carbocycles. The fourth-order valence-corrected chi connectivity index (χ4v) is 2.64. The first kappa shape index (κ1) is 10.0. The Morgan fingerprint density at radius 3 is 2.45 bits per heavy atom. The minimum Gasteiger partial charge on any atom is -0.0724 e. The van der Waals surface area contributed by atoms with E-state index in [2.05, 4.69) is 38.8 Å². The van der Waals surface area contributed by atoms with E-state index >= 15 is 0 Å². The molecule has 2 heteroatoms. The van der Waals surface area contributed by atoms with Gasteiger partial charge in [0, 0.05) is 0 Å². The summed E-state index contributed by atoms with van der Waals surface area (Å²) in [6, 6.07) is 0. The third-order valence-electron chi connectivity index (χ3n) is 2.62. The highest BCUT2D eigenvalue weighted by Crippen LogP contribution is 2.43. The van der Waals surface area contributed by atoms with Crippen LogP contribution in [-0.4, -0.2) is 3.23 Å². The van der Waals surface area contributed by atoms with Crippen molar-refractivity contribution in [2.24, 2.45) is 5.92 Å². The van der Waals surface area contributed by atoms with Gasteiger partial charge in [0.2, 0.25) is 0 Å². The summed E-state index contributed by atoms with van der Waals surface area (Å²) in [4.78, 5) is 0. The maximum absolute atomic E-state index is 3.76. The average Bonchev–Trinajstić information content (AvgIpc) is 1.93. The number of hydrogen-bond acceptors (Lipinski definition) is 0. The summed E-state index contributed by atoms with van der Waals surface area (Å²) < 4.78 is 0.237. The molecular formula is C9H16Br2. The van der Waals surface area contributed by atoms with Gasteiger partial charge in [-0.1, -0.05) is 64.5 Å². The quantitative estimate of drug-likeness (QED) is 0.576. The lowest BCUT2D eigenvalue weighted by atomic mass is 9.92. The van der Waals surface area contributed by atoms with E-state index in [0.717, 1.165) is 5.92 Å². The van der Waals surface area contributed by atoms with Crippen LogP contribution in [0.25, 0.3) is 0 Å². The van der Waals surface area contributed by atoms with Crippen molar-refractivity contribution in [1.82, 2.24) is 0 Å². The predicted molar refractivity (Wildman–Crippen MR) is 57.5 cm³/mol. The predicted octanol–water partition coefficient (Wildman–Crippen LogP) is 4.46. The highest BCUT2D eigenvalue weighted by Gasteiger charge is 2.30. The molecule has 0 aromatic heterocycles. The van der Waals surface area contributed by atoms with Crippen molar-refractivity contribution in [3.05, 3.63) is 0 Å². The van der Waals surface area contributed by atoms with Crippen LogP contribution in [0.2, 0.25) is 0 Å². The minimum absolute atomic E-state index is 0.237. The first-order valence-corrected chi connectivity index (χ1v) is 6.09. The molecule has 0 aliphatic heterocycles. The van der Waals surface area contributed by atoms with Crippen LogP contribution in [0.15, 0.2) is 0 Å². The van der Waals surface area contributed by atoms with Crippen LogP contribution in [0.1, 0.15) is 45.4 Å². The molecule has 1 rings (SSSR count). The van der Waals surface area contributed by atoms with Gasteiger partial charge in [-0.05, 0) is 18.8 Å². The molecule has 66 valence electrons. The Kier molecular flexibility index (Phi) is 3.90. The lowest BCUT2D eigenvalue weighted by Crippen LogP contribution is -2.23. The summed E-state index contributed by atoms with van der Waals surface area (Å²) in [6.07, 6.45) is 8.23. The Morgan fingerprint density at radius 1 is 1.09 bits per heavy atom. The van der Waals surface area contributed by atoms with Gasteiger partial charge in [-0.15, -0.1) is 0 Å². The zero-order chi connectivity index (χ0) is 8.32. The largest absolute Gasteiger partial charge is 0.0831 e. The zero-order valence-corrected chi connectivity index (χ0v) is 10.2. The van der Waals surface area contributed by atoms with E-state index in [1.807, 2.05) is 0 Å². The first-order valence-electron chi connectivity index (χ1n) is 4.51. The second-order valence-corrected chi connectivity index (χ2v) is 7.51. The van der Waals surface area contributed by atoms with Gasteiger partial charge in [0.15, 0.2) is 0 Å². The molecular weight excluding hydrogens is 268 g/mol. The highest BCUT2D eigenvalue weighted by atomic mass is 79.9. The van der Waals surface area contributed by atoms with Gasteiger partial charge in [-0.25, -0.2) is 0 Å². The lowest BCUT2D eigenvalue weighted by Gasteiger charge is -2.29. The average molecular weight is 284 g/mol. The first-order chi connectivity index (χ1) is 5.13. The fourth-order valence-electron chi connectivity index (χ4n) is 1.62. The van der Waals surface area contributed by atoms with Gasteiger partial charge in [-0.2, -0.15) is 0 Å². The molecule has 0 radical (unpaired) electrons. The third-order valence-corrected chi connectivity index (χ3v) is 4.97. The summed E-state index contributed by atoms with van der Waals surface area (Å²) >= 11 is 7.52. The van der Waals surface area contributed by atoms with Crippen molar-refractivity contribution in [3.8, 4) is 0 Å². The highest BCUT2D eigenvalue weighted by molar-refractivity contribution is 9.25. The fraction of sp³-hybridized carbons (Fsp3) is 1.00. The summed E-state index contributed by atoms with van der Waals surface area (Å²) in [5.41, 5.74) is 0. The monoisotopic (exact) mass is 282 g/mol. The van der Waals surface area contributed by atoms with E-state index in [9.17, 15) is 0 Å². The molecule has 0 spiro atoms. The van der Waals surface area contributed by atoms with E-state index in [0.29, 0.717) is 0 Å². The molecule has 11 heavy (non-hydrogen) atoms. The lowest BCUT2D eigenvalue weighted by molar-refractivity contribution is 0.403. The van der Waals surface area contributed by atoms with Crippen molar-refractivity contribution < 1.29 is 0 Å². The Balaban J connectivity index is 2.47. The van der Waals surface area contributed by atoms with E-state index in [1.54, 1.807) is 0 Å². The summed E-state index contributed by atoms with van der Waals surface area (Å²) in [6.45, 7) is 2.33. The van der Waals surface area contributed by atoms with Crippen molar-refractivity contribution in [3.63, 3.8) is 0 Å². The molecule has 1 aliphatic rings. The Labute approximate surface area is 86.4 Å². The molecule has 1 unspecified atom stereocenters. The Bertz CT molecular complexity index is 121. The molecule has 0 amide bonds. The smallest absolute Gasteiger partial charge is 0.0724 e. The topological polar surface area (TPSA) is 0 Å². The molecule has 0 N–H and O–H groups in total. The summed E-state index contributed by atoms with van der Waals surface area (Å²) in [7, 11) is 0. The molecule has 0 aromatic carbocycles. The van der Waals surface area contributed by atoms with E-state index in [4.69, 9.17) is 0 Å². The maximum atomic E-state index is 3.76. The zero-order valence-electron chi connectivity index (χ0n) is 7.08. The molecule has 0 heterocycles. The van der Waals surface area contributed by atoms with Crippen LogP contribution in [0.4, 0.5) is 0 Å². The molecule has 0 saturated heterocycles. The third kappa shape index (κ3) is 3.06. The Hall–Kier alpha value is 0.960. The number of hydrogen-bond donors (Lipinski definition) is 0. The van der Waals surface area contributed by atoms with Crippen LogP contribution >= 0.6 is 31.9 Å². The summed E-state index contributed by atoms with van der Waals surface area (Å²) in [5, 5.41) is 0. The van der Waals surface area contributed by atoms with Crippen LogP contribution in [-0.2, 0) is 0 Å². The van der Waals surface area contributed by atoms with Gasteiger partial charge in [0.25, 0.3) is 0 Å². The van der Waals surface area contributed by atoms with Crippen LogP contribution in [0.5, 0.6) is 0 Å². The van der Waals surface area contributed by atoms with Gasteiger partial charge in [0.05, 0.1) is 3.23 Å². The van der Waals surface area contributed by atoms with Crippen LogP contribution in [0, 0.1) is 5.92 Å². The summed E-state index contributed by atoms with van der Waals surface area (Å²) in [5.74, 6) is 0.766.